The monoisotopic (exact) mass is 448 g/mol. The molecule has 1 unspecified atom stereocenters. The highest BCUT2D eigenvalue weighted by molar-refractivity contribution is 5.76. The summed E-state index contributed by atoms with van der Waals surface area (Å²) < 4.78 is 4.88. The summed E-state index contributed by atoms with van der Waals surface area (Å²) in [6, 6.07) is 12.7. The molecule has 6 heteroatoms. The van der Waals surface area contributed by atoms with Crippen molar-refractivity contribution in [2.24, 2.45) is 5.92 Å². The lowest BCUT2D eigenvalue weighted by Gasteiger charge is -2.38. The number of methoxy groups -OCH3 is 1. The summed E-state index contributed by atoms with van der Waals surface area (Å²) in [5, 5.41) is 12.6. The van der Waals surface area contributed by atoms with Crippen molar-refractivity contribution in [1.82, 2.24) is 4.98 Å². The normalized spacial score (nSPS) is 15.0. The van der Waals surface area contributed by atoms with Crippen molar-refractivity contribution >= 4 is 23.2 Å². The first kappa shape index (κ1) is 24.6. The molecule has 6 nitrogen and oxygen atoms in total. The number of nitriles is 1. The van der Waals surface area contributed by atoms with E-state index in [1.807, 2.05) is 13.0 Å². The molecular weight excluding hydrogens is 412 g/mol. The minimum atomic E-state index is -0.210. The third-order valence-corrected chi connectivity index (χ3v) is 6.33. The predicted molar refractivity (Wildman–Crippen MR) is 133 cm³/mol. The Kier molecular flexibility index (Phi) is 8.71. The van der Waals surface area contributed by atoms with Gasteiger partial charge in [-0.2, -0.15) is 5.26 Å². The maximum absolute atomic E-state index is 11.9. The fourth-order valence-electron chi connectivity index (χ4n) is 4.56. The number of anilines is 3. The third-order valence-electron chi connectivity index (χ3n) is 6.33. The zero-order valence-corrected chi connectivity index (χ0v) is 20.3. The van der Waals surface area contributed by atoms with Crippen LogP contribution in [-0.2, 0) is 9.53 Å². The summed E-state index contributed by atoms with van der Waals surface area (Å²) in [7, 11) is 1.43. The zero-order chi connectivity index (χ0) is 23.8. The lowest BCUT2D eigenvalue weighted by molar-refractivity contribution is -0.140. The van der Waals surface area contributed by atoms with Gasteiger partial charge in [-0.15, -0.1) is 0 Å². The van der Waals surface area contributed by atoms with Crippen LogP contribution < -0.4 is 10.2 Å². The number of pyridine rings is 1. The number of rotatable bonds is 9. The largest absolute Gasteiger partial charge is 0.469 e. The van der Waals surface area contributed by atoms with E-state index in [9.17, 15) is 4.79 Å². The van der Waals surface area contributed by atoms with Crippen LogP contribution in [0.1, 0.15) is 76.3 Å². The zero-order valence-electron chi connectivity index (χ0n) is 20.3. The first-order valence-electron chi connectivity index (χ1n) is 12.0. The number of benzene rings is 1. The summed E-state index contributed by atoms with van der Waals surface area (Å²) in [6.07, 6.45) is 8.20. The van der Waals surface area contributed by atoms with Crippen LogP contribution in [0.5, 0.6) is 0 Å². The van der Waals surface area contributed by atoms with E-state index in [1.165, 1.54) is 39.2 Å². The highest BCUT2D eigenvalue weighted by Gasteiger charge is 2.25. The Hall–Kier alpha value is -3.07. The number of nitrogens with one attached hydrogen (secondary N) is 1. The molecule has 0 radical (unpaired) electrons. The maximum atomic E-state index is 11.9. The standard InChI is InChI=1S/C27H36N4O2/c1-19(2)18-31(23-8-6-5-7-9-23)25-12-11-22(20(3)14-27(32)33-4)15-24(25)30-26-13-10-21(16-28)17-29-26/h10-13,15,17,19-20,23H,5-9,14,18H2,1-4H3,(H,29,30). The fraction of sp³-hybridized carbons (Fsp3) is 0.519. The summed E-state index contributed by atoms with van der Waals surface area (Å²) in [6.45, 7) is 7.55. The fourth-order valence-corrected chi connectivity index (χ4v) is 4.56. The molecule has 176 valence electrons. The van der Waals surface area contributed by atoms with Crippen molar-refractivity contribution < 1.29 is 9.53 Å². The van der Waals surface area contributed by atoms with Crippen LogP contribution in [0.2, 0.25) is 0 Å². The summed E-state index contributed by atoms with van der Waals surface area (Å²) in [4.78, 5) is 18.8. The van der Waals surface area contributed by atoms with Gasteiger partial charge in [-0.1, -0.05) is 46.1 Å². The van der Waals surface area contributed by atoms with E-state index < -0.39 is 0 Å². The van der Waals surface area contributed by atoms with Crippen LogP contribution in [-0.4, -0.2) is 30.6 Å². The van der Waals surface area contributed by atoms with E-state index >= 15 is 0 Å². The number of nitrogens with zero attached hydrogens (tertiary/aromatic N) is 3. The molecule has 1 aromatic carbocycles. The summed E-state index contributed by atoms with van der Waals surface area (Å²) in [5.41, 5.74) is 3.75. The average Bonchev–Trinajstić information content (AvgIpc) is 2.83. The van der Waals surface area contributed by atoms with E-state index in [2.05, 4.69) is 53.3 Å². The van der Waals surface area contributed by atoms with E-state index in [0.717, 1.165) is 23.5 Å². The molecule has 1 aliphatic rings. The Morgan fingerprint density at radius 3 is 2.58 bits per heavy atom. The minimum Gasteiger partial charge on any atom is -0.469 e. The van der Waals surface area contributed by atoms with Crippen molar-refractivity contribution in [3.63, 3.8) is 0 Å². The molecule has 0 amide bonds. The van der Waals surface area contributed by atoms with Crippen molar-refractivity contribution in [2.75, 3.05) is 23.9 Å². The van der Waals surface area contributed by atoms with Gasteiger partial charge >= 0.3 is 5.97 Å². The van der Waals surface area contributed by atoms with E-state index in [1.54, 1.807) is 12.3 Å². The van der Waals surface area contributed by atoms with Gasteiger partial charge in [0.2, 0.25) is 0 Å². The van der Waals surface area contributed by atoms with Gasteiger partial charge in [-0.3, -0.25) is 4.79 Å². The van der Waals surface area contributed by atoms with Crippen LogP contribution in [0.15, 0.2) is 36.5 Å². The van der Waals surface area contributed by atoms with Gasteiger partial charge in [0.1, 0.15) is 11.9 Å². The molecule has 1 heterocycles. The highest BCUT2D eigenvalue weighted by Crippen LogP contribution is 2.37. The molecule has 1 fully saturated rings. The number of hydrogen-bond acceptors (Lipinski definition) is 6. The number of carbonyl (C=O) groups is 1. The second kappa shape index (κ2) is 11.7. The molecule has 0 bridgehead atoms. The summed E-state index contributed by atoms with van der Waals surface area (Å²) in [5.74, 6) is 1.06. The first-order valence-corrected chi connectivity index (χ1v) is 12.0. The molecule has 1 atom stereocenters. The molecule has 1 aromatic heterocycles. The Labute approximate surface area is 198 Å². The van der Waals surface area contributed by atoms with Crippen LogP contribution in [0.3, 0.4) is 0 Å². The summed E-state index contributed by atoms with van der Waals surface area (Å²) >= 11 is 0. The van der Waals surface area contributed by atoms with Gasteiger partial charge in [-0.25, -0.2) is 4.98 Å². The topological polar surface area (TPSA) is 78.2 Å². The Morgan fingerprint density at radius 2 is 1.97 bits per heavy atom. The number of esters is 1. The van der Waals surface area contributed by atoms with E-state index in [4.69, 9.17) is 10.00 Å². The average molecular weight is 449 g/mol. The van der Waals surface area contributed by atoms with Crippen molar-refractivity contribution in [3.05, 3.63) is 47.7 Å². The lowest BCUT2D eigenvalue weighted by Crippen LogP contribution is -2.39. The molecule has 3 rings (SSSR count). The van der Waals surface area contributed by atoms with Gasteiger partial charge < -0.3 is 15.0 Å². The number of hydrogen-bond donors (Lipinski definition) is 1. The van der Waals surface area contributed by atoms with Crippen LogP contribution in [0.4, 0.5) is 17.2 Å². The number of carbonyl (C=O) groups excluding carboxylic acids is 1. The van der Waals surface area contributed by atoms with E-state index in [0.29, 0.717) is 29.8 Å². The second-order valence-corrected chi connectivity index (χ2v) is 9.46. The third kappa shape index (κ3) is 6.71. The van der Waals surface area contributed by atoms with Crippen LogP contribution in [0.25, 0.3) is 0 Å². The molecule has 0 aliphatic heterocycles. The lowest BCUT2D eigenvalue weighted by atomic mass is 9.92. The number of aromatic nitrogens is 1. The SMILES string of the molecule is COC(=O)CC(C)c1ccc(N(CC(C)C)C2CCCCC2)c(Nc2ccc(C#N)cn2)c1. The first-order chi connectivity index (χ1) is 15.9. The van der Waals surface area contributed by atoms with Crippen LogP contribution >= 0.6 is 0 Å². The molecule has 33 heavy (non-hydrogen) atoms. The molecule has 0 saturated heterocycles. The van der Waals surface area contributed by atoms with Crippen molar-refractivity contribution in [2.45, 2.75) is 71.3 Å². The second-order valence-electron chi connectivity index (χ2n) is 9.46. The Morgan fingerprint density at radius 1 is 1.21 bits per heavy atom. The quantitative estimate of drug-likeness (QED) is 0.463. The molecule has 1 N–H and O–H groups in total. The minimum absolute atomic E-state index is 0.0363. The van der Waals surface area contributed by atoms with Crippen molar-refractivity contribution in [3.8, 4) is 6.07 Å². The number of ether oxygens (including phenoxy) is 1. The molecular formula is C27H36N4O2. The van der Waals surface area contributed by atoms with E-state index in [-0.39, 0.29) is 11.9 Å². The van der Waals surface area contributed by atoms with Gasteiger partial charge in [0.05, 0.1) is 30.5 Å². The molecule has 1 aliphatic carbocycles. The Bertz CT molecular complexity index is 959. The van der Waals surface area contributed by atoms with Crippen molar-refractivity contribution in [1.29, 1.82) is 5.26 Å². The highest BCUT2D eigenvalue weighted by atomic mass is 16.5. The molecule has 1 saturated carbocycles. The molecule has 2 aromatic rings. The smallest absolute Gasteiger partial charge is 0.306 e. The Balaban J connectivity index is 1.99. The van der Waals surface area contributed by atoms with Crippen LogP contribution in [0, 0.1) is 17.2 Å². The van der Waals surface area contributed by atoms with Gasteiger partial charge in [0, 0.05) is 18.8 Å². The van der Waals surface area contributed by atoms with Gasteiger partial charge in [0.15, 0.2) is 0 Å². The molecule has 0 spiro atoms. The van der Waals surface area contributed by atoms with Gasteiger partial charge in [0.25, 0.3) is 0 Å². The maximum Gasteiger partial charge on any atom is 0.306 e. The van der Waals surface area contributed by atoms with Gasteiger partial charge in [-0.05, 0) is 54.5 Å². The predicted octanol–water partition coefficient (Wildman–Crippen LogP) is 6.16.